The van der Waals surface area contributed by atoms with Crippen molar-refractivity contribution >= 4 is 22.1 Å². The second-order valence-corrected chi connectivity index (χ2v) is 6.75. The van der Waals surface area contributed by atoms with Crippen molar-refractivity contribution in [3.05, 3.63) is 96.6 Å². The molecule has 2 heterocycles. The summed E-state index contributed by atoms with van der Waals surface area (Å²) in [7, 11) is 0. The van der Waals surface area contributed by atoms with Crippen LogP contribution in [-0.4, -0.2) is 19.9 Å². The molecule has 0 N–H and O–H groups in total. The highest BCUT2D eigenvalue weighted by molar-refractivity contribution is 5.74. The molecule has 0 spiro atoms. The first-order chi connectivity index (χ1) is 14.8. The zero-order chi connectivity index (χ0) is 20.2. The van der Waals surface area contributed by atoms with Gasteiger partial charge < -0.3 is 9.47 Å². The molecular weight excluding hydrogens is 376 g/mol. The first-order valence-electron chi connectivity index (χ1n) is 9.60. The number of aromatic nitrogens is 4. The Bertz CT molecular complexity index is 1200. The zero-order valence-corrected chi connectivity index (χ0v) is 16.1. The third-order valence-corrected chi connectivity index (χ3v) is 4.59. The van der Waals surface area contributed by atoms with Gasteiger partial charge in [-0.1, -0.05) is 24.3 Å². The quantitative estimate of drug-likeness (QED) is 0.415. The summed E-state index contributed by atoms with van der Waals surface area (Å²) < 4.78 is 11.7. The van der Waals surface area contributed by atoms with Crippen LogP contribution in [0.25, 0.3) is 22.1 Å². The first kappa shape index (κ1) is 18.0. The molecule has 0 saturated heterocycles. The summed E-state index contributed by atoms with van der Waals surface area (Å²) in [5.74, 6) is 1.48. The fourth-order valence-electron chi connectivity index (χ4n) is 3.08. The molecule has 30 heavy (non-hydrogen) atoms. The molecule has 3 aromatic carbocycles. The largest absolute Gasteiger partial charge is 0.487 e. The van der Waals surface area contributed by atoms with E-state index < -0.39 is 0 Å². The van der Waals surface area contributed by atoms with E-state index in [0.717, 1.165) is 45.0 Å². The van der Waals surface area contributed by atoms with Crippen molar-refractivity contribution in [2.24, 2.45) is 0 Å². The fourth-order valence-corrected chi connectivity index (χ4v) is 3.08. The molecule has 0 aliphatic rings. The second-order valence-electron chi connectivity index (χ2n) is 6.75. The molecule has 0 saturated carbocycles. The van der Waals surface area contributed by atoms with Crippen LogP contribution >= 0.6 is 0 Å². The number of nitrogens with zero attached hydrogens (tertiary/aromatic N) is 4. The van der Waals surface area contributed by atoms with Crippen LogP contribution in [0.3, 0.4) is 0 Å². The maximum Gasteiger partial charge on any atom is 0.132 e. The monoisotopic (exact) mass is 394 g/mol. The molecule has 5 aromatic rings. The average Bonchev–Trinajstić information content (AvgIpc) is 2.82. The maximum absolute atomic E-state index is 5.83. The van der Waals surface area contributed by atoms with Crippen LogP contribution in [0.5, 0.6) is 11.5 Å². The molecule has 146 valence electrons. The van der Waals surface area contributed by atoms with Gasteiger partial charge in [-0.3, -0.25) is 9.97 Å². The van der Waals surface area contributed by atoms with Crippen LogP contribution in [0.15, 0.2) is 85.2 Å². The van der Waals surface area contributed by atoms with Gasteiger partial charge in [0.05, 0.1) is 45.8 Å². The van der Waals surface area contributed by atoms with E-state index in [9.17, 15) is 0 Å². The summed E-state index contributed by atoms with van der Waals surface area (Å²) in [4.78, 5) is 17.9. The molecule has 0 aliphatic heterocycles. The minimum atomic E-state index is 0.352. The summed E-state index contributed by atoms with van der Waals surface area (Å²) in [6, 6.07) is 23.0. The molecule has 6 nitrogen and oxygen atoms in total. The number of benzene rings is 3. The van der Waals surface area contributed by atoms with Crippen molar-refractivity contribution in [3.8, 4) is 11.5 Å². The Balaban J connectivity index is 1.19. The Kier molecular flexibility index (Phi) is 4.88. The first-order valence-corrected chi connectivity index (χ1v) is 9.60. The molecule has 0 amide bonds. The summed E-state index contributed by atoms with van der Waals surface area (Å²) >= 11 is 0. The molecule has 5 rings (SSSR count). The van der Waals surface area contributed by atoms with Gasteiger partial charge in [0.25, 0.3) is 0 Å². The minimum absolute atomic E-state index is 0.352. The lowest BCUT2D eigenvalue weighted by atomic mass is 10.3. The topological polar surface area (TPSA) is 70.0 Å². The third-order valence-electron chi connectivity index (χ3n) is 4.59. The van der Waals surface area contributed by atoms with Crippen molar-refractivity contribution in [2.45, 2.75) is 13.2 Å². The maximum atomic E-state index is 5.83. The van der Waals surface area contributed by atoms with Gasteiger partial charge in [-0.25, -0.2) is 9.97 Å². The summed E-state index contributed by atoms with van der Waals surface area (Å²) in [6.07, 6.45) is 3.48. The van der Waals surface area contributed by atoms with Gasteiger partial charge in [0.2, 0.25) is 0 Å². The Morgan fingerprint density at radius 3 is 1.33 bits per heavy atom. The van der Waals surface area contributed by atoms with Crippen molar-refractivity contribution in [2.75, 3.05) is 0 Å². The molecule has 0 unspecified atom stereocenters. The highest BCUT2D eigenvalue weighted by atomic mass is 16.5. The van der Waals surface area contributed by atoms with Crippen LogP contribution in [0, 0.1) is 0 Å². The minimum Gasteiger partial charge on any atom is -0.487 e. The third kappa shape index (κ3) is 4.03. The number of para-hydroxylation sites is 4. The SMILES string of the molecule is c1ccc2nc(COc3ccc(OCc4cnc5ccccc5n4)cc3)cnc2c1. The number of fused-ring (bicyclic) bond motifs is 2. The van der Waals surface area contributed by atoms with Crippen LogP contribution in [-0.2, 0) is 13.2 Å². The Morgan fingerprint density at radius 1 is 0.500 bits per heavy atom. The molecule has 0 fully saturated rings. The lowest BCUT2D eigenvalue weighted by Crippen LogP contribution is -2.01. The zero-order valence-electron chi connectivity index (χ0n) is 16.1. The summed E-state index contributed by atoms with van der Waals surface area (Å²) in [6.45, 7) is 0.704. The van der Waals surface area contributed by atoms with E-state index in [1.807, 2.05) is 72.8 Å². The van der Waals surface area contributed by atoms with E-state index in [2.05, 4.69) is 19.9 Å². The van der Waals surface area contributed by atoms with Crippen LogP contribution in [0.1, 0.15) is 11.4 Å². The van der Waals surface area contributed by atoms with Crippen molar-refractivity contribution < 1.29 is 9.47 Å². The Hall–Kier alpha value is -4.06. The van der Waals surface area contributed by atoms with E-state index in [1.165, 1.54) is 0 Å². The van der Waals surface area contributed by atoms with Crippen molar-refractivity contribution in [3.63, 3.8) is 0 Å². The van der Waals surface area contributed by atoms with Gasteiger partial charge >= 0.3 is 0 Å². The summed E-state index contributed by atoms with van der Waals surface area (Å²) in [5, 5.41) is 0. The van der Waals surface area contributed by atoms with Gasteiger partial charge in [0.1, 0.15) is 24.7 Å². The van der Waals surface area contributed by atoms with E-state index in [1.54, 1.807) is 12.4 Å². The van der Waals surface area contributed by atoms with Crippen LogP contribution in [0.4, 0.5) is 0 Å². The smallest absolute Gasteiger partial charge is 0.132 e. The van der Waals surface area contributed by atoms with E-state index in [4.69, 9.17) is 9.47 Å². The van der Waals surface area contributed by atoms with Crippen molar-refractivity contribution in [1.82, 2.24) is 19.9 Å². The predicted octanol–water partition coefficient (Wildman–Crippen LogP) is 4.73. The molecular formula is C24H18N4O2. The van der Waals surface area contributed by atoms with Crippen LogP contribution in [0.2, 0.25) is 0 Å². The van der Waals surface area contributed by atoms with Crippen molar-refractivity contribution in [1.29, 1.82) is 0 Å². The Morgan fingerprint density at radius 2 is 0.900 bits per heavy atom. The van der Waals surface area contributed by atoms with E-state index in [-0.39, 0.29) is 0 Å². The highest BCUT2D eigenvalue weighted by Crippen LogP contribution is 2.20. The van der Waals surface area contributed by atoms with E-state index in [0.29, 0.717) is 13.2 Å². The van der Waals surface area contributed by atoms with Crippen LogP contribution < -0.4 is 9.47 Å². The Labute approximate surface area is 173 Å². The van der Waals surface area contributed by atoms with Gasteiger partial charge in [-0.05, 0) is 48.5 Å². The molecule has 0 bridgehead atoms. The molecule has 2 aromatic heterocycles. The van der Waals surface area contributed by atoms with Gasteiger partial charge in [-0.15, -0.1) is 0 Å². The lowest BCUT2D eigenvalue weighted by Gasteiger charge is -2.09. The molecule has 0 aliphatic carbocycles. The molecule has 0 atom stereocenters. The van der Waals surface area contributed by atoms with Gasteiger partial charge in [0.15, 0.2) is 0 Å². The number of hydrogen-bond donors (Lipinski definition) is 0. The molecule has 0 radical (unpaired) electrons. The molecule has 6 heteroatoms. The normalized spacial score (nSPS) is 10.9. The number of ether oxygens (including phenoxy) is 2. The number of rotatable bonds is 6. The second kappa shape index (κ2) is 8.13. The fraction of sp³-hybridized carbons (Fsp3) is 0.0833. The average molecular weight is 394 g/mol. The highest BCUT2D eigenvalue weighted by Gasteiger charge is 2.03. The lowest BCUT2D eigenvalue weighted by molar-refractivity contribution is 0.292. The van der Waals surface area contributed by atoms with Gasteiger partial charge in [-0.2, -0.15) is 0 Å². The summed E-state index contributed by atoms with van der Waals surface area (Å²) in [5.41, 5.74) is 5.03. The predicted molar refractivity (Wildman–Crippen MR) is 114 cm³/mol. The van der Waals surface area contributed by atoms with E-state index >= 15 is 0 Å². The van der Waals surface area contributed by atoms with Gasteiger partial charge in [0, 0.05) is 0 Å². The standard InChI is InChI=1S/C24H18N4O2/c1-3-7-23-21(5-1)25-13-17(27-23)15-29-19-9-11-20(12-10-19)30-16-18-14-26-22-6-2-4-8-24(22)28-18/h1-14H,15-16H2. The number of hydrogen-bond acceptors (Lipinski definition) is 6.